The average molecular weight is 249 g/mol. The zero-order chi connectivity index (χ0) is 11.1. The number of rotatable bonds is 2. The Morgan fingerprint density at radius 1 is 1.47 bits per heavy atom. The third kappa shape index (κ3) is 2.32. The fourth-order valence-corrected chi connectivity index (χ4v) is 3.39. The summed E-state index contributed by atoms with van der Waals surface area (Å²) < 4.78 is 35.2. The van der Waals surface area contributed by atoms with E-state index in [0.717, 1.165) is 5.56 Å². The molecule has 1 aliphatic rings. The summed E-state index contributed by atoms with van der Waals surface area (Å²) >= 11 is 0. The molecule has 1 atom stereocenters. The monoisotopic (exact) mass is 248 g/mol. The molecule has 0 bridgehead atoms. The summed E-state index contributed by atoms with van der Waals surface area (Å²) in [5.41, 5.74) is 1.43. The number of benzene rings is 1. The molecular weight excluding hydrogens is 239 g/mol. The summed E-state index contributed by atoms with van der Waals surface area (Å²) in [5, 5.41) is 0. The smallest absolute Gasteiger partial charge is 0.212 e. The van der Waals surface area contributed by atoms with Gasteiger partial charge in [-0.1, -0.05) is 12.1 Å². The van der Waals surface area contributed by atoms with Gasteiger partial charge in [0.15, 0.2) is 0 Å². The molecule has 0 aromatic heterocycles. The van der Waals surface area contributed by atoms with Crippen molar-refractivity contribution in [3.8, 4) is 0 Å². The first-order chi connectivity index (χ1) is 6.97. The van der Waals surface area contributed by atoms with Crippen LogP contribution in [-0.2, 0) is 15.5 Å². The first-order valence-electron chi connectivity index (χ1n) is 4.67. The Morgan fingerprint density at radius 2 is 2.20 bits per heavy atom. The molecule has 1 aliphatic carbocycles. The number of hydrogen-bond acceptors (Lipinski definition) is 2. The van der Waals surface area contributed by atoms with Crippen molar-refractivity contribution < 1.29 is 12.8 Å². The Morgan fingerprint density at radius 3 is 2.87 bits per heavy atom. The van der Waals surface area contributed by atoms with Gasteiger partial charge >= 0.3 is 0 Å². The molecule has 0 saturated heterocycles. The molecule has 0 aliphatic heterocycles. The van der Waals surface area contributed by atoms with Gasteiger partial charge in [0, 0.05) is 10.7 Å². The molecule has 0 spiro atoms. The summed E-state index contributed by atoms with van der Waals surface area (Å²) in [6, 6.07) is 4.78. The van der Waals surface area contributed by atoms with Gasteiger partial charge in [0.05, 0.1) is 5.75 Å². The molecule has 2 rings (SSSR count). The summed E-state index contributed by atoms with van der Waals surface area (Å²) in [6.45, 7) is 0. The van der Waals surface area contributed by atoms with E-state index in [1.807, 2.05) is 0 Å². The number of fused-ring (bicyclic) bond motifs is 1. The lowest BCUT2D eigenvalue weighted by Crippen LogP contribution is -2.07. The van der Waals surface area contributed by atoms with Crippen LogP contribution in [0.5, 0.6) is 0 Å². The quantitative estimate of drug-likeness (QED) is 0.754. The van der Waals surface area contributed by atoms with Gasteiger partial charge in [-0.25, -0.2) is 12.8 Å². The number of halogens is 2. The third-order valence-corrected chi connectivity index (χ3v) is 3.92. The Bertz CT molecular complexity index is 484. The summed E-state index contributed by atoms with van der Waals surface area (Å²) in [5.74, 6) is -0.509. The molecule has 0 radical (unpaired) electrons. The van der Waals surface area contributed by atoms with Crippen molar-refractivity contribution >= 4 is 19.7 Å². The van der Waals surface area contributed by atoms with Crippen LogP contribution in [0, 0.1) is 5.82 Å². The molecule has 82 valence electrons. The average Bonchev–Trinajstić information content (AvgIpc) is 2.48. The topological polar surface area (TPSA) is 34.1 Å². The van der Waals surface area contributed by atoms with Crippen molar-refractivity contribution in [3.63, 3.8) is 0 Å². The zero-order valence-corrected chi connectivity index (χ0v) is 9.48. The second-order valence-electron chi connectivity index (χ2n) is 3.75. The molecule has 2 nitrogen and oxygen atoms in total. The van der Waals surface area contributed by atoms with Gasteiger partial charge in [0.2, 0.25) is 9.05 Å². The van der Waals surface area contributed by atoms with Crippen molar-refractivity contribution in [1.29, 1.82) is 0 Å². The first kappa shape index (κ1) is 10.9. The van der Waals surface area contributed by atoms with Gasteiger partial charge in [-0.3, -0.25) is 0 Å². The standard InChI is InChI=1S/C10H10ClFO2S/c11-15(13,14)6-7-4-5-9-8(7)2-1-3-10(9)12/h1-3,7H,4-6H2. The molecule has 0 fully saturated rings. The zero-order valence-electron chi connectivity index (χ0n) is 7.91. The second-order valence-corrected chi connectivity index (χ2v) is 6.57. The highest BCUT2D eigenvalue weighted by atomic mass is 35.7. The summed E-state index contributed by atoms with van der Waals surface area (Å²) in [7, 11) is 1.68. The van der Waals surface area contributed by atoms with Gasteiger partial charge in [-0.05, 0) is 36.0 Å². The predicted molar refractivity (Wildman–Crippen MR) is 57.1 cm³/mol. The molecule has 0 saturated carbocycles. The lowest BCUT2D eigenvalue weighted by atomic mass is 10.0. The maximum atomic E-state index is 13.3. The first-order valence-corrected chi connectivity index (χ1v) is 7.15. The van der Waals surface area contributed by atoms with E-state index in [9.17, 15) is 12.8 Å². The van der Waals surface area contributed by atoms with Gasteiger partial charge in [0.25, 0.3) is 0 Å². The molecule has 5 heteroatoms. The highest BCUT2D eigenvalue weighted by Crippen LogP contribution is 2.35. The fourth-order valence-electron chi connectivity index (χ4n) is 2.11. The van der Waals surface area contributed by atoms with E-state index in [0.29, 0.717) is 18.4 Å². The van der Waals surface area contributed by atoms with Crippen molar-refractivity contribution in [3.05, 3.63) is 35.1 Å². The van der Waals surface area contributed by atoms with E-state index in [-0.39, 0.29) is 17.5 Å². The molecule has 0 N–H and O–H groups in total. The fraction of sp³-hybridized carbons (Fsp3) is 0.400. The van der Waals surface area contributed by atoms with Crippen LogP contribution in [-0.4, -0.2) is 14.2 Å². The molecule has 1 aromatic carbocycles. The van der Waals surface area contributed by atoms with Crippen LogP contribution in [0.25, 0.3) is 0 Å². The number of hydrogen-bond donors (Lipinski definition) is 0. The minimum absolute atomic E-state index is 0.106. The van der Waals surface area contributed by atoms with Gasteiger partial charge in [-0.2, -0.15) is 0 Å². The van der Waals surface area contributed by atoms with Crippen LogP contribution in [0.2, 0.25) is 0 Å². The minimum atomic E-state index is -3.51. The summed E-state index contributed by atoms with van der Waals surface area (Å²) in [4.78, 5) is 0. The normalized spacial score (nSPS) is 20.3. The van der Waals surface area contributed by atoms with Crippen molar-refractivity contribution in [2.24, 2.45) is 0 Å². The van der Waals surface area contributed by atoms with E-state index >= 15 is 0 Å². The van der Waals surface area contributed by atoms with Gasteiger partial charge in [-0.15, -0.1) is 0 Å². The van der Waals surface area contributed by atoms with Crippen LogP contribution >= 0.6 is 10.7 Å². The van der Waals surface area contributed by atoms with E-state index in [1.165, 1.54) is 6.07 Å². The van der Waals surface area contributed by atoms with E-state index in [4.69, 9.17) is 10.7 Å². The molecule has 0 amide bonds. The molecule has 0 heterocycles. The molecule has 1 aromatic rings. The maximum absolute atomic E-state index is 13.3. The van der Waals surface area contributed by atoms with Gasteiger partial charge in [0.1, 0.15) is 5.82 Å². The largest absolute Gasteiger partial charge is 0.233 e. The Labute approximate surface area is 92.5 Å². The third-order valence-electron chi connectivity index (χ3n) is 2.74. The highest BCUT2D eigenvalue weighted by Gasteiger charge is 2.28. The van der Waals surface area contributed by atoms with Crippen LogP contribution in [0.15, 0.2) is 18.2 Å². The van der Waals surface area contributed by atoms with Crippen molar-refractivity contribution in [2.45, 2.75) is 18.8 Å². The van der Waals surface area contributed by atoms with Gasteiger partial charge < -0.3 is 0 Å². The molecule has 15 heavy (non-hydrogen) atoms. The highest BCUT2D eigenvalue weighted by molar-refractivity contribution is 8.13. The van der Waals surface area contributed by atoms with Crippen molar-refractivity contribution in [1.82, 2.24) is 0 Å². The van der Waals surface area contributed by atoms with E-state index in [2.05, 4.69) is 0 Å². The van der Waals surface area contributed by atoms with E-state index in [1.54, 1.807) is 12.1 Å². The molecular formula is C10H10ClFO2S. The summed E-state index contributed by atoms with van der Waals surface area (Å²) in [6.07, 6.45) is 1.25. The SMILES string of the molecule is O=S(=O)(Cl)CC1CCc2c(F)cccc21. The van der Waals surface area contributed by atoms with E-state index < -0.39 is 9.05 Å². The maximum Gasteiger partial charge on any atom is 0.233 e. The lowest BCUT2D eigenvalue weighted by Gasteiger charge is -2.08. The predicted octanol–water partition coefficient (Wildman–Crippen LogP) is 2.42. The Kier molecular flexibility index (Phi) is 2.73. The van der Waals surface area contributed by atoms with Crippen LogP contribution in [0.4, 0.5) is 4.39 Å². The molecule has 1 unspecified atom stereocenters. The van der Waals surface area contributed by atoms with Crippen molar-refractivity contribution in [2.75, 3.05) is 5.75 Å². The van der Waals surface area contributed by atoms with Crippen LogP contribution < -0.4 is 0 Å². The Balaban J connectivity index is 2.33. The van der Waals surface area contributed by atoms with Crippen LogP contribution in [0.3, 0.4) is 0 Å². The lowest BCUT2D eigenvalue weighted by molar-refractivity contribution is 0.600. The minimum Gasteiger partial charge on any atom is -0.212 e. The second kappa shape index (κ2) is 3.76. The van der Waals surface area contributed by atoms with Crippen LogP contribution in [0.1, 0.15) is 23.5 Å². The Hall–Kier alpha value is -0.610.